The number of carbonyl (C=O) groups excluding carboxylic acids is 1. The third-order valence-corrected chi connectivity index (χ3v) is 10.3. The van der Waals surface area contributed by atoms with Gasteiger partial charge in [0.15, 0.2) is 12.3 Å². The average molecular weight is 712 g/mol. The SMILES string of the molecule is COCCCN1/C(=C/C=C2\CCC(/C=C/C3=[N+](CCCOC)c4ccc(OC)cc4C3(C)C)=C2OC(=O)OC(C)(C)C)C(C)(C)c2cc(C)ccc21. The molecule has 8 nitrogen and oxygen atoms in total. The summed E-state index contributed by atoms with van der Waals surface area (Å²) in [6, 6.07) is 13.0. The summed E-state index contributed by atoms with van der Waals surface area (Å²) >= 11 is 0. The Bertz CT molecular complexity index is 1820. The van der Waals surface area contributed by atoms with Gasteiger partial charge >= 0.3 is 6.16 Å². The lowest BCUT2D eigenvalue weighted by atomic mass is 9.81. The van der Waals surface area contributed by atoms with Crippen molar-refractivity contribution in [2.75, 3.05) is 52.5 Å². The second-order valence-corrected chi connectivity index (χ2v) is 16.0. The first kappa shape index (κ1) is 39.1. The second kappa shape index (κ2) is 15.8. The number of hydrogen-bond donors (Lipinski definition) is 0. The number of allylic oxidation sites excluding steroid dienone is 7. The molecule has 2 aliphatic heterocycles. The van der Waals surface area contributed by atoms with Crippen LogP contribution in [0.15, 0.2) is 83.3 Å². The van der Waals surface area contributed by atoms with Crippen LogP contribution >= 0.6 is 0 Å². The molecule has 0 amide bonds. The van der Waals surface area contributed by atoms with E-state index in [1.54, 1.807) is 21.3 Å². The number of benzene rings is 2. The minimum Gasteiger partial charge on any atom is -0.497 e. The molecule has 0 spiro atoms. The Hall–Kier alpha value is -4.14. The Kier molecular flexibility index (Phi) is 11.9. The Balaban J connectivity index is 1.57. The molecule has 0 bridgehead atoms. The van der Waals surface area contributed by atoms with Gasteiger partial charge in [-0.2, -0.15) is 4.58 Å². The number of anilines is 1. The van der Waals surface area contributed by atoms with Crippen LogP contribution in [-0.2, 0) is 29.8 Å². The van der Waals surface area contributed by atoms with Crippen molar-refractivity contribution in [1.82, 2.24) is 0 Å². The van der Waals surface area contributed by atoms with Crippen molar-refractivity contribution >= 4 is 23.2 Å². The third kappa shape index (κ3) is 8.24. The van der Waals surface area contributed by atoms with Crippen molar-refractivity contribution in [2.45, 2.75) is 97.5 Å². The molecule has 2 aromatic carbocycles. The molecule has 2 aromatic rings. The van der Waals surface area contributed by atoms with Gasteiger partial charge in [0.1, 0.15) is 17.1 Å². The van der Waals surface area contributed by atoms with Crippen molar-refractivity contribution in [3.8, 4) is 5.75 Å². The molecule has 0 saturated carbocycles. The molecule has 2 heterocycles. The summed E-state index contributed by atoms with van der Waals surface area (Å²) in [7, 11) is 5.19. The number of hydrogen-bond acceptors (Lipinski definition) is 7. The molecule has 280 valence electrons. The number of nitrogens with zero attached hydrogens (tertiary/aromatic N) is 2. The number of ether oxygens (including phenoxy) is 5. The smallest absolute Gasteiger partial charge is 0.497 e. The number of fused-ring (bicyclic) bond motifs is 2. The minimum absolute atomic E-state index is 0.211. The van der Waals surface area contributed by atoms with Gasteiger partial charge in [-0.1, -0.05) is 37.6 Å². The van der Waals surface area contributed by atoms with Gasteiger partial charge in [0.2, 0.25) is 5.69 Å². The molecular weight excluding hydrogens is 652 g/mol. The highest BCUT2D eigenvalue weighted by Crippen LogP contribution is 2.48. The van der Waals surface area contributed by atoms with Crippen molar-refractivity contribution in [3.05, 3.63) is 100.0 Å². The number of rotatable bonds is 13. The van der Waals surface area contributed by atoms with Crippen molar-refractivity contribution in [1.29, 1.82) is 0 Å². The number of methoxy groups -OCH3 is 3. The van der Waals surface area contributed by atoms with Crippen LogP contribution in [0.1, 0.15) is 90.8 Å². The quantitative estimate of drug-likeness (QED) is 0.116. The van der Waals surface area contributed by atoms with Gasteiger partial charge in [-0.25, -0.2) is 4.79 Å². The van der Waals surface area contributed by atoms with Gasteiger partial charge in [-0.15, -0.1) is 0 Å². The largest absolute Gasteiger partial charge is 0.514 e. The third-order valence-electron chi connectivity index (χ3n) is 10.3. The van der Waals surface area contributed by atoms with E-state index in [1.165, 1.54) is 39.5 Å². The zero-order valence-electron chi connectivity index (χ0n) is 33.3. The van der Waals surface area contributed by atoms with E-state index in [4.69, 9.17) is 23.7 Å². The van der Waals surface area contributed by atoms with Crippen LogP contribution in [0.2, 0.25) is 0 Å². The van der Waals surface area contributed by atoms with Crippen LogP contribution in [0, 0.1) is 6.92 Å². The van der Waals surface area contributed by atoms with E-state index in [1.807, 2.05) is 26.8 Å². The van der Waals surface area contributed by atoms with Gasteiger partial charge in [0.25, 0.3) is 0 Å². The van der Waals surface area contributed by atoms with E-state index in [9.17, 15) is 4.79 Å². The van der Waals surface area contributed by atoms with Crippen LogP contribution < -0.4 is 9.64 Å². The summed E-state index contributed by atoms with van der Waals surface area (Å²) in [6.45, 7) is 19.8. The van der Waals surface area contributed by atoms with E-state index < -0.39 is 11.8 Å². The molecule has 0 fully saturated rings. The molecule has 0 N–H and O–H groups in total. The standard InChI is InChI=1S/C44H59N2O6/c1-30-14-20-36-34(28-30)43(5,6)38(45(36)24-12-26-48-9)22-17-31-15-16-32(40(31)51-41(47)52-42(2,3)4)18-23-39-44(7,8)35-29-33(50-11)19-21-37(35)46(39)25-13-27-49-10/h14,17-23,28-29H,12-13,15-16,24-27H2,1-11H3/q+1. The van der Waals surface area contributed by atoms with Crippen LogP contribution in [0.25, 0.3) is 0 Å². The van der Waals surface area contributed by atoms with E-state index in [0.29, 0.717) is 19.0 Å². The predicted molar refractivity (Wildman–Crippen MR) is 209 cm³/mol. The first-order chi connectivity index (χ1) is 24.6. The zero-order valence-corrected chi connectivity index (χ0v) is 33.3. The van der Waals surface area contributed by atoms with Crippen molar-refractivity contribution in [3.63, 3.8) is 0 Å². The normalized spacial score (nSPS) is 19.3. The van der Waals surface area contributed by atoms with E-state index >= 15 is 0 Å². The zero-order chi connectivity index (χ0) is 37.8. The fraction of sp³-hybridized carbons (Fsp3) is 0.500. The molecule has 5 rings (SSSR count). The summed E-state index contributed by atoms with van der Waals surface area (Å²) in [6.07, 6.45) is 11.3. The molecule has 1 aliphatic carbocycles. The maximum Gasteiger partial charge on any atom is 0.514 e. The van der Waals surface area contributed by atoms with E-state index in [2.05, 4.69) is 98.7 Å². The maximum atomic E-state index is 13.2. The van der Waals surface area contributed by atoms with Gasteiger partial charge < -0.3 is 28.6 Å². The Morgan fingerprint density at radius 2 is 1.62 bits per heavy atom. The summed E-state index contributed by atoms with van der Waals surface area (Å²) in [4.78, 5) is 15.6. The van der Waals surface area contributed by atoms with E-state index in [0.717, 1.165) is 55.7 Å². The fourth-order valence-electron chi connectivity index (χ4n) is 7.65. The lowest BCUT2D eigenvalue weighted by molar-refractivity contribution is -0.438. The van der Waals surface area contributed by atoms with Gasteiger partial charge in [0, 0.05) is 68.3 Å². The average Bonchev–Trinajstić information content (AvgIpc) is 3.62. The topological polar surface area (TPSA) is 69.5 Å². The van der Waals surface area contributed by atoms with Gasteiger partial charge in [0.05, 0.1) is 19.1 Å². The number of aryl methyl sites for hydroxylation is 1. The first-order valence-electron chi connectivity index (χ1n) is 18.6. The molecule has 52 heavy (non-hydrogen) atoms. The Morgan fingerprint density at radius 1 is 0.885 bits per heavy atom. The molecule has 0 saturated heterocycles. The summed E-state index contributed by atoms with van der Waals surface area (Å²) in [5.41, 5.74) is 9.32. The highest BCUT2D eigenvalue weighted by molar-refractivity contribution is 6.03. The number of carbonyl (C=O) groups is 1. The summed E-state index contributed by atoms with van der Waals surface area (Å²) in [5.74, 6) is 1.41. The highest BCUT2D eigenvalue weighted by Gasteiger charge is 2.45. The molecule has 0 radical (unpaired) electrons. The Morgan fingerprint density at radius 3 is 2.31 bits per heavy atom. The van der Waals surface area contributed by atoms with Crippen LogP contribution in [0.4, 0.5) is 16.2 Å². The monoisotopic (exact) mass is 711 g/mol. The molecule has 0 unspecified atom stereocenters. The fourth-order valence-corrected chi connectivity index (χ4v) is 7.65. The molecule has 3 aliphatic rings. The van der Waals surface area contributed by atoms with Gasteiger partial charge in [-0.3, -0.25) is 0 Å². The predicted octanol–water partition coefficient (Wildman–Crippen LogP) is 9.62. The molecule has 8 heteroatoms. The lowest BCUT2D eigenvalue weighted by Gasteiger charge is -2.27. The minimum atomic E-state index is -0.700. The first-order valence-corrected chi connectivity index (χ1v) is 18.6. The van der Waals surface area contributed by atoms with Crippen LogP contribution in [-0.4, -0.2) is 69.7 Å². The van der Waals surface area contributed by atoms with Crippen LogP contribution in [0.3, 0.4) is 0 Å². The highest BCUT2D eigenvalue weighted by atomic mass is 16.7. The summed E-state index contributed by atoms with van der Waals surface area (Å²) in [5, 5.41) is 0. The molecular formula is C44H59N2O6+. The molecule has 0 aromatic heterocycles. The van der Waals surface area contributed by atoms with E-state index in [-0.39, 0.29) is 10.8 Å². The van der Waals surface area contributed by atoms with Gasteiger partial charge in [-0.05, 0) is 108 Å². The van der Waals surface area contributed by atoms with Crippen molar-refractivity contribution in [2.24, 2.45) is 0 Å². The van der Waals surface area contributed by atoms with Crippen molar-refractivity contribution < 1.29 is 33.1 Å². The Labute approximate surface area is 311 Å². The molecule has 0 atom stereocenters. The summed E-state index contributed by atoms with van der Waals surface area (Å²) < 4.78 is 30.6. The lowest BCUT2D eigenvalue weighted by Crippen LogP contribution is -2.28. The maximum absolute atomic E-state index is 13.2. The van der Waals surface area contributed by atoms with Crippen LogP contribution in [0.5, 0.6) is 5.75 Å². The second-order valence-electron chi connectivity index (χ2n) is 16.0.